The van der Waals surface area contributed by atoms with Crippen LogP contribution in [0.4, 0.5) is 19.0 Å². The fourth-order valence-electron chi connectivity index (χ4n) is 3.41. The van der Waals surface area contributed by atoms with Crippen molar-refractivity contribution >= 4 is 22.6 Å². The highest BCUT2D eigenvalue weighted by Crippen LogP contribution is 2.33. The summed E-state index contributed by atoms with van der Waals surface area (Å²) in [5, 5.41) is 16.1. The molecule has 2 aromatic heterocycles. The Hall–Kier alpha value is -2.79. The van der Waals surface area contributed by atoms with Gasteiger partial charge in [0.05, 0.1) is 23.8 Å². The van der Waals surface area contributed by atoms with E-state index in [1.165, 1.54) is 23.9 Å². The van der Waals surface area contributed by atoms with Crippen molar-refractivity contribution in [2.75, 3.05) is 5.01 Å². The maximum atomic E-state index is 12.7. The zero-order valence-electron chi connectivity index (χ0n) is 17.2. The summed E-state index contributed by atoms with van der Waals surface area (Å²) in [7, 11) is 0. The van der Waals surface area contributed by atoms with Crippen LogP contribution in [0, 0.1) is 13.8 Å². The highest BCUT2D eigenvalue weighted by atomic mass is 32.2. The van der Waals surface area contributed by atoms with Gasteiger partial charge in [0.1, 0.15) is 5.04 Å². The number of halogens is 3. The Kier molecular flexibility index (Phi) is 5.56. The number of hydrogen-bond acceptors (Lipinski definition) is 6. The van der Waals surface area contributed by atoms with Crippen LogP contribution in [0.5, 0.6) is 0 Å². The van der Waals surface area contributed by atoms with Crippen molar-refractivity contribution in [3.8, 4) is 0 Å². The van der Waals surface area contributed by atoms with Crippen molar-refractivity contribution < 1.29 is 13.2 Å². The average Bonchev–Trinajstić information content (AvgIpc) is 3.39. The highest BCUT2D eigenvalue weighted by molar-refractivity contribution is 8.14. The molecule has 1 aliphatic rings. The second kappa shape index (κ2) is 8.04. The zero-order chi connectivity index (χ0) is 22.3. The Morgan fingerprint density at radius 2 is 1.84 bits per heavy atom. The van der Waals surface area contributed by atoms with Crippen molar-refractivity contribution in [3.05, 3.63) is 65.1 Å². The second-order valence-corrected chi connectivity index (χ2v) is 8.54. The number of alkyl halides is 3. The van der Waals surface area contributed by atoms with E-state index in [1.807, 2.05) is 31.5 Å². The van der Waals surface area contributed by atoms with Gasteiger partial charge >= 0.3 is 6.18 Å². The van der Waals surface area contributed by atoms with E-state index in [4.69, 9.17) is 5.73 Å². The van der Waals surface area contributed by atoms with E-state index < -0.39 is 17.2 Å². The third kappa shape index (κ3) is 4.47. The van der Waals surface area contributed by atoms with Crippen molar-refractivity contribution in [2.24, 2.45) is 10.8 Å². The van der Waals surface area contributed by atoms with Crippen molar-refractivity contribution in [1.82, 2.24) is 19.6 Å². The molecule has 0 aliphatic carbocycles. The van der Waals surface area contributed by atoms with Gasteiger partial charge in [-0.3, -0.25) is 9.36 Å². The predicted octanol–water partition coefficient (Wildman–Crippen LogP) is 4.13. The molecule has 0 radical (unpaired) electrons. The zero-order valence-corrected chi connectivity index (χ0v) is 18.0. The maximum absolute atomic E-state index is 12.7. The molecule has 31 heavy (non-hydrogen) atoms. The van der Waals surface area contributed by atoms with Gasteiger partial charge in [0, 0.05) is 18.0 Å². The van der Waals surface area contributed by atoms with E-state index in [2.05, 4.69) is 15.3 Å². The molecular weight excluding hydrogens is 427 g/mol. The molecule has 0 fully saturated rings. The number of hydrogen-bond donors (Lipinski definition) is 1. The van der Waals surface area contributed by atoms with E-state index in [1.54, 1.807) is 22.0 Å². The Bertz CT molecular complexity index is 1100. The summed E-state index contributed by atoms with van der Waals surface area (Å²) in [5.74, 6) is 0.572. The molecule has 2 atom stereocenters. The fraction of sp³-hybridized carbons (Fsp3) is 0.350. The third-order valence-corrected chi connectivity index (χ3v) is 6.05. The maximum Gasteiger partial charge on any atom is 0.416 e. The number of anilines is 1. The van der Waals surface area contributed by atoms with Crippen molar-refractivity contribution in [2.45, 2.75) is 45.0 Å². The van der Waals surface area contributed by atoms with E-state index in [0.717, 1.165) is 28.6 Å². The van der Waals surface area contributed by atoms with E-state index >= 15 is 0 Å². The number of rotatable bonds is 5. The lowest BCUT2D eigenvalue weighted by atomic mass is 10.1. The minimum Gasteiger partial charge on any atom is -0.301 e. The number of nitrogens with zero attached hydrogens (tertiary/aromatic N) is 6. The summed E-state index contributed by atoms with van der Waals surface area (Å²) in [6.45, 7) is 6.30. The smallest absolute Gasteiger partial charge is 0.301 e. The van der Waals surface area contributed by atoms with Gasteiger partial charge in [-0.25, -0.2) is 5.01 Å². The second-order valence-electron chi connectivity index (χ2n) is 7.41. The first-order valence-electron chi connectivity index (χ1n) is 9.64. The van der Waals surface area contributed by atoms with Gasteiger partial charge in [-0.2, -0.15) is 28.5 Å². The quantitative estimate of drug-likeness (QED) is 0.634. The number of thioether (sulfide) groups is 1. The molecule has 7 nitrogen and oxygen atoms in total. The molecule has 0 spiro atoms. The lowest BCUT2D eigenvalue weighted by molar-refractivity contribution is -0.137. The van der Waals surface area contributed by atoms with Gasteiger partial charge in [-0.1, -0.05) is 23.9 Å². The SMILES string of the molecule is Cc1cc(C)n(C(C)C2=NN(c3ccn(Cc4ccc(C(F)(F)F)cc4)n3)C(N)S2)n1. The van der Waals surface area contributed by atoms with Gasteiger partial charge in [-0.15, -0.1) is 0 Å². The molecule has 3 heterocycles. The van der Waals surface area contributed by atoms with Gasteiger partial charge in [0.25, 0.3) is 0 Å². The Morgan fingerprint density at radius 1 is 1.13 bits per heavy atom. The number of aromatic nitrogens is 4. The van der Waals surface area contributed by atoms with Crippen LogP contribution in [0.15, 0.2) is 47.7 Å². The molecule has 0 bridgehead atoms. The van der Waals surface area contributed by atoms with Crippen LogP contribution in [-0.4, -0.2) is 30.1 Å². The van der Waals surface area contributed by atoms with Crippen molar-refractivity contribution in [1.29, 1.82) is 0 Å². The number of hydrazone groups is 1. The van der Waals surface area contributed by atoms with Crippen LogP contribution in [0.3, 0.4) is 0 Å². The summed E-state index contributed by atoms with van der Waals surface area (Å²) in [6, 6.07) is 8.78. The third-order valence-electron chi connectivity index (χ3n) is 4.94. The van der Waals surface area contributed by atoms with Gasteiger partial charge in [0.2, 0.25) is 0 Å². The van der Waals surface area contributed by atoms with E-state index in [9.17, 15) is 13.2 Å². The molecule has 2 N–H and O–H groups in total. The van der Waals surface area contributed by atoms with Crippen LogP contribution in [0.1, 0.15) is 35.5 Å². The van der Waals surface area contributed by atoms with Crippen LogP contribution in [-0.2, 0) is 12.7 Å². The topological polar surface area (TPSA) is 77.3 Å². The first-order valence-corrected chi connectivity index (χ1v) is 10.5. The van der Waals surface area contributed by atoms with Crippen LogP contribution in [0.25, 0.3) is 0 Å². The largest absolute Gasteiger partial charge is 0.416 e. The lowest BCUT2D eigenvalue weighted by Crippen LogP contribution is -2.32. The van der Waals surface area contributed by atoms with E-state index in [0.29, 0.717) is 17.9 Å². The molecule has 3 aromatic rings. The summed E-state index contributed by atoms with van der Waals surface area (Å²) in [6.07, 6.45) is -2.59. The van der Waals surface area contributed by atoms with Crippen molar-refractivity contribution in [3.63, 3.8) is 0 Å². The Balaban J connectivity index is 1.48. The molecule has 4 rings (SSSR count). The molecule has 1 aliphatic heterocycles. The van der Waals surface area contributed by atoms with E-state index in [-0.39, 0.29) is 6.04 Å². The number of nitrogens with two attached hydrogens (primary N) is 1. The number of benzene rings is 1. The van der Waals surface area contributed by atoms with Gasteiger partial charge in [0.15, 0.2) is 11.3 Å². The van der Waals surface area contributed by atoms with Gasteiger partial charge in [-0.05, 0) is 44.5 Å². The molecule has 1 aromatic carbocycles. The Labute approximate surface area is 181 Å². The standard InChI is InChI=1S/C20H22F3N7S/c1-12-10-13(2)29(25-12)14(3)18-27-30(19(24)31-18)17-8-9-28(26-17)11-15-4-6-16(7-5-15)20(21,22)23/h4-10,14,19H,11,24H2,1-3H3. The predicted molar refractivity (Wildman–Crippen MR) is 115 cm³/mol. The minimum absolute atomic E-state index is 0.0658. The highest BCUT2D eigenvalue weighted by Gasteiger charge is 2.32. The van der Waals surface area contributed by atoms with Crippen LogP contribution < -0.4 is 10.7 Å². The minimum atomic E-state index is -4.35. The molecule has 0 saturated carbocycles. The first kappa shape index (κ1) is 21.4. The summed E-state index contributed by atoms with van der Waals surface area (Å²) >= 11 is 1.44. The molecule has 0 amide bonds. The molecule has 11 heteroatoms. The molecule has 2 unspecified atom stereocenters. The number of aryl methyl sites for hydroxylation is 2. The first-order chi connectivity index (χ1) is 14.6. The summed E-state index contributed by atoms with van der Waals surface area (Å²) in [4.78, 5) is 0. The summed E-state index contributed by atoms with van der Waals surface area (Å²) < 4.78 is 41.7. The van der Waals surface area contributed by atoms with Crippen LogP contribution in [0.2, 0.25) is 0 Å². The monoisotopic (exact) mass is 449 g/mol. The molecule has 164 valence electrons. The lowest BCUT2D eigenvalue weighted by Gasteiger charge is -2.15. The molecular formula is C20H22F3N7S. The van der Waals surface area contributed by atoms with Crippen LogP contribution >= 0.6 is 11.8 Å². The normalized spacial score (nSPS) is 17.8. The molecule has 0 saturated heterocycles. The Morgan fingerprint density at radius 3 is 2.45 bits per heavy atom. The fourth-order valence-corrected chi connectivity index (χ4v) is 4.35. The summed E-state index contributed by atoms with van der Waals surface area (Å²) in [5.41, 5.74) is 7.87. The average molecular weight is 450 g/mol. The van der Waals surface area contributed by atoms with Gasteiger partial charge < -0.3 is 5.73 Å².